The van der Waals surface area contributed by atoms with Gasteiger partial charge in [-0.25, -0.2) is 4.98 Å². The van der Waals surface area contributed by atoms with Crippen molar-refractivity contribution in [3.8, 4) is 0 Å². The van der Waals surface area contributed by atoms with E-state index in [9.17, 15) is 9.90 Å². The zero-order valence-corrected chi connectivity index (χ0v) is 8.21. The molecule has 1 aromatic heterocycles. The van der Waals surface area contributed by atoms with Crippen LogP contribution in [0.5, 0.6) is 0 Å². The third kappa shape index (κ3) is 2.26. The largest absolute Gasteiger partial charge is 0.481 e. The molecule has 0 spiro atoms. The van der Waals surface area contributed by atoms with Crippen molar-refractivity contribution in [1.82, 2.24) is 4.98 Å². The third-order valence-corrected chi connectivity index (χ3v) is 2.59. The summed E-state index contributed by atoms with van der Waals surface area (Å²) in [5, 5.41) is 20.7. The SMILES string of the molecule is Cc1nc(C(O)C(C)C(=O)O)cs1. The minimum Gasteiger partial charge on any atom is -0.481 e. The van der Waals surface area contributed by atoms with Crippen LogP contribution in [-0.2, 0) is 4.79 Å². The molecule has 1 aromatic rings. The maximum atomic E-state index is 10.5. The number of aryl methyl sites for hydroxylation is 1. The lowest BCUT2D eigenvalue weighted by Gasteiger charge is -2.11. The first-order valence-electron chi connectivity index (χ1n) is 3.85. The molecule has 0 bridgehead atoms. The van der Waals surface area contributed by atoms with Gasteiger partial charge in [0.1, 0.15) is 6.10 Å². The number of aliphatic carboxylic acids is 1. The lowest BCUT2D eigenvalue weighted by atomic mass is 10.0. The highest BCUT2D eigenvalue weighted by Gasteiger charge is 2.24. The van der Waals surface area contributed by atoms with Crippen LogP contribution >= 0.6 is 11.3 Å². The molecule has 0 saturated heterocycles. The first kappa shape index (κ1) is 10.1. The number of rotatable bonds is 3. The second-order valence-corrected chi connectivity index (χ2v) is 3.93. The van der Waals surface area contributed by atoms with Crippen molar-refractivity contribution in [2.45, 2.75) is 20.0 Å². The van der Waals surface area contributed by atoms with Gasteiger partial charge in [0.2, 0.25) is 0 Å². The Morgan fingerprint density at radius 1 is 1.69 bits per heavy atom. The van der Waals surface area contributed by atoms with Gasteiger partial charge in [-0.1, -0.05) is 0 Å². The number of nitrogens with zero attached hydrogens (tertiary/aromatic N) is 1. The molecule has 1 rings (SSSR count). The number of carboxylic acid groups (broad SMARTS) is 1. The molecular formula is C8H11NO3S. The summed E-state index contributed by atoms with van der Waals surface area (Å²) in [5.41, 5.74) is 0.442. The molecule has 0 saturated carbocycles. The van der Waals surface area contributed by atoms with Gasteiger partial charge in [-0.2, -0.15) is 0 Å². The highest BCUT2D eigenvalue weighted by Crippen LogP contribution is 2.23. The Morgan fingerprint density at radius 2 is 2.31 bits per heavy atom. The van der Waals surface area contributed by atoms with Crippen LogP contribution in [0.1, 0.15) is 23.7 Å². The van der Waals surface area contributed by atoms with Crippen molar-refractivity contribution < 1.29 is 15.0 Å². The summed E-state index contributed by atoms with van der Waals surface area (Å²) < 4.78 is 0. The van der Waals surface area contributed by atoms with Crippen molar-refractivity contribution in [1.29, 1.82) is 0 Å². The second-order valence-electron chi connectivity index (χ2n) is 2.86. The van der Waals surface area contributed by atoms with Crippen LogP contribution in [-0.4, -0.2) is 21.2 Å². The maximum Gasteiger partial charge on any atom is 0.309 e. The fraction of sp³-hybridized carbons (Fsp3) is 0.500. The fourth-order valence-corrected chi connectivity index (χ4v) is 1.55. The van der Waals surface area contributed by atoms with Crippen LogP contribution in [0.4, 0.5) is 0 Å². The average molecular weight is 201 g/mol. The van der Waals surface area contributed by atoms with Crippen LogP contribution in [0, 0.1) is 12.8 Å². The summed E-state index contributed by atoms with van der Waals surface area (Å²) >= 11 is 1.40. The van der Waals surface area contributed by atoms with E-state index in [0.717, 1.165) is 5.01 Å². The fourth-order valence-electron chi connectivity index (χ4n) is 0.907. The monoisotopic (exact) mass is 201 g/mol. The molecule has 13 heavy (non-hydrogen) atoms. The molecule has 0 fully saturated rings. The molecule has 0 radical (unpaired) electrons. The predicted molar refractivity (Wildman–Crippen MR) is 48.6 cm³/mol. The van der Waals surface area contributed by atoms with Crippen molar-refractivity contribution in [2.75, 3.05) is 0 Å². The minimum absolute atomic E-state index is 0.442. The van der Waals surface area contributed by atoms with Gasteiger partial charge in [-0.05, 0) is 13.8 Å². The van der Waals surface area contributed by atoms with E-state index < -0.39 is 18.0 Å². The van der Waals surface area contributed by atoms with Crippen LogP contribution in [0.15, 0.2) is 5.38 Å². The summed E-state index contributed by atoms with van der Waals surface area (Å²) in [6, 6.07) is 0. The van der Waals surface area contributed by atoms with Crippen LogP contribution in [0.2, 0.25) is 0 Å². The first-order chi connectivity index (χ1) is 6.02. The summed E-state index contributed by atoms with van der Waals surface area (Å²) in [4.78, 5) is 14.6. The quantitative estimate of drug-likeness (QED) is 0.771. The van der Waals surface area contributed by atoms with Gasteiger partial charge in [0.15, 0.2) is 0 Å². The van der Waals surface area contributed by atoms with Crippen molar-refractivity contribution in [3.63, 3.8) is 0 Å². The normalized spacial score (nSPS) is 15.3. The number of carboxylic acids is 1. The molecular weight excluding hydrogens is 190 g/mol. The molecule has 5 heteroatoms. The highest BCUT2D eigenvalue weighted by molar-refractivity contribution is 7.09. The molecule has 72 valence electrons. The molecule has 4 nitrogen and oxygen atoms in total. The van der Waals surface area contributed by atoms with Crippen LogP contribution in [0.25, 0.3) is 0 Å². The molecule has 2 atom stereocenters. The first-order valence-corrected chi connectivity index (χ1v) is 4.73. The number of thiazole rings is 1. The van der Waals surface area contributed by atoms with Gasteiger partial charge >= 0.3 is 5.97 Å². The Labute approximate surface area is 79.9 Å². The molecule has 0 aliphatic rings. The molecule has 0 aliphatic carbocycles. The van der Waals surface area contributed by atoms with Gasteiger partial charge in [-0.15, -0.1) is 11.3 Å². The van der Waals surface area contributed by atoms with Gasteiger partial charge in [-0.3, -0.25) is 4.79 Å². The maximum absolute atomic E-state index is 10.5. The Hall–Kier alpha value is -0.940. The van der Waals surface area contributed by atoms with E-state index >= 15 is 0 Å². The summed E-state index contributed by atoms with van der Waals surface area (Å²) in [6.45, 7) is 3.27. The molecule has 0 aromatic carbocycles. The van der Waals surface area contributed by atoms with Crippen LogP contribution < -0.4 is 0 Å². The van der Waals surface area contributed by atoms with E-state index in [1.165, 1.54) is 18.3 Å². The van der Waals surface area contributed by atoms with E-state index in [2.05, 4.69) is 4.98 Å². The number of aliphatic hydroxyl groups excluding tert-OH is 1. The Bertz CT molecular complexity index is 310. The van der Waals surface area contributed by atoms with Gasteiger partial charge < -0.3 is 10.2 Å². The number of hydrogen-bond donors (Lipinski definition) is 2. The van der Waals surface area contributed by atoms with Gasteiger partial charge in [0.25, 0.3) is 0 Å². The standard InChI is InChI=1S/C8H11NO3S/c1-4(8(11)12)7(10)6-3-13-5(2)9-6/h3-4,7,10H,1-2H3,(H,11,12). The van der Waals surface area contributed by atoms with Gasteiger partial charge in [0, 0.05) is 5.38 Å². The van der Waals surface area contributed by atoms with E-state index in [-0.39, 0.29) is 0 Å². The summed E-state index contributed by atoms with van der Waals surface area (Å²) in [7, 11) is 0. The lowest BCUT2D eigenvalue weighted by molar-refractivity contribution is -0.145. The van der Waals surface area contributed by atoms with E-state index in [0.29, 0.717) is 5.69 Å². The molecule has 2 unspecified atom stereocenters. The van der Waals surface area contributed by atoms with Gasteiger partial charge in [0.05, 0.1) is 16.6 Å². The number of carbonyl (C=O) groups is 1. The smallest absolute Gasteiger partial charge is 0.309 e. The third-order valence-electron chi connectivity index (χ3n) is 1.80. The van der Waals surface area contributed by atoms with E-state index in [1.807, 2.05) is 6.92 Å². The predicted octanol–water partition coefficient (Wildman–Crippen LogP) is 1.21. The minimum atomic E-state index is -1.02. The van der Waals surface area contributed by atoms with Crippen molar-refractivity contribution in [3.05, 3.63) is 16.1 Å². The van der Waals surface area contributed by atoms with E-state index in [4.69, 9.17) is 5.11 Å². The molecule has 2 N–H and O–H groups in total. The Kier molecular flexibility index (Phi) is 3.00. The van der Waals surface area contributed by atoms with Crippen LogP contribution in [0.3, 0.4) is 0 Å². The number of aromatic nitrogens is 1. The Balaban J connectivity index is 2.78. The topological polar surface area (TPSA) is 70.4 Å². The zero-order chi connectivity index (χ0) is 10.0. The molecule has 0 aliphatic heterocycles. The van der Waals surface area contributed by atoms with Crippen molar-refractivity contribution in [2.24, 2.45) is 5.92 Å². The number of hydrogen-bond acceptors (Lipinski definition) is 4. The second kappa shape index (κ2) is 3.85. The highest BCUT2D eigenvalue weighted by atomic mass is 32.1. The Morgan fingerprint density at radius 3 is 2.69 bits per heavy atom. The van der Waals surface area contributed by atoms with E-state index in [1.54, 1.807) is 5.38 Å². The van der Waals surface area contributed by atoms with Crippen molar-refractivity contribution >= 4 is 17.3 Å². The zero-order valence-electron chi connectivity index (χ0n) is 7.39. The summed E-state index contributed by atoms with van der Waals surface area (Å²) in [6.07, 6.45) is -1.01. The lowest BCUT2D eigenvalue weighted by Crippen LogP contribution is -2.18. The number of aliphatic hydroxyl groups is 1. The molecule has 0 amide bonds. The summed E-state index contributed by atoms with van der Waals surface area (Å²) in [5.74, 6) is -1.83. The average Bonchev–Trinajstić information content (AvgIpc) is 2.49. The molecule has 1 heterocycles.